The summed E-state index contributed by atoms with van der Waals surface area (Å²) in [5.41, 5.74) is 25.1. The van der Waals surface area contributed by atoms with Crippen molar-refractivity contribution in [1.82, 2.24) is 0 Å². The van der Waals surface area contributed by atoms with Gasteiger partial charge in [-0.15, -0.1) is 0 Å². The van der Waals surface area contributed by atoms with Gasteiger partial charge >= 0.3 is 0 Å². The van der Waals surface area contributed by atoms with E-state index in [0.717, 1.165) is 25.7 Å². The molecule has 0 heterocycles. The summed E-state index contributed by atoms with van der Waals surface area (Å²) < 4.78 is 0. The molecule has 0 saturated heterocycles. The van der Waals surface area contributed by atoms with Crippen molar-refractivity contribution in [3.8, 4) is 44.5 Å². The SMILES string of the molecule is CC1(C)c2ccccc2-c2ccc(N(C3=CC=C(C4=CC=CCC4)CC3)c3cccc(-c4ccc5c(c4)-c4ccccc4C54c5ccccc5-c5ccccc54)c3)cc21. The highest BCUT2D eigenvalue weighted by Crippen LogP contribution is 2.63. The molecular formula is C58H45N. The normalized spacial score (nSPS) is 16.9. The molecule has 0 N–H and O–H groups in total. The van der Waals surface area contributed by atoms with Gasteiger partial charge in [-0.2, -0.15) is 0 Å². The average molecular weight is 756 g/mol. The van der Waals surface area contributed by atoms with Gasteiger partial charge < -0.3 is 4.90 Å². The predicted molar refractivity (Wildman–Crippen MR) is 246 cm³/mol. The summed E-state index contributed by atoms with van der Waals surface area (Å²) >= 11 is 0. The van der Waals surface area contributed by atoms with E-state index in [4.69, 9.17) is 0 Å². The van der Waals surface area contributed by atoms with Crippen LogP contribution >= 0.6 is 0 Å². The number of nitrogens with zero attached hydrogens (tertiary/aromatic N) is 1. The Kier molecular flexibility index (Phi) is 7.51. The number of anilines is 2. The number of benzene rings is 7. The monoisotopic (exact) mass is 755 g/mol. The fourth-order valence-electron chi connectivity index (χ4n) is 11.4. The van der Waals surface area contributed by atoms with Crippen molar-refractivity contribution in [1.29, 1.82) is 0 Å². The van der Waals surface area contributed by atoms with Gasteiger partial charge in [0.05, 0.1) is 5.41 Å². The summed E-state index contributed by atoms with van der Waals surface area (Å²) in [5, 5.41) is 0. The van der Waals surface area contributed by atoms with Crippen molar-refractivity contribution < 1.29 is 0 Å². The Morgan fingerprint density at radius 2 is 0.983 bits per heavy atom. The van der Waals surface area contributed by atoms with Crippen molar-refractivity contribution in [2.24, 2.45) is 0 Å². The Morgan fingerprint density at radius 3 is 1.64 bits per heavy atom. The zero-order valence-corrected chi connectivity index (χ0v) is 33.7. The molecule has 282 valence electrons. The summed E-state index contributed by atoms with van der Waals surface area (Å²) in [5.74, 6) is 0. The van der Waals surface area contributed by atoms with Crippen molar-refractivity contribution in [2.45, 2.75) is 50.4 Å². The molecule has 0 radical (unpaired) electrons. The molecule has 1 spiro atoms. The molecule has 5 aliphatic rings. The molecule has 7 aromatic carbocycles. The van der Waals surface area contributed by atoms with Gasteiger partial charge in [-0.25, -0.2) is 0 Å². The third-order valence-electron chi connectivity index (χ3n) is 14.1. The van der Waals surface area contributed by atoms with E-state index in [-0.39, 0.29) is 10.8 Å². The summed E-state index contributed by atoms with van der Waals surface area (Å²) in [6, 6.07) is 59.9. The minimum atomic E-state index is -0.332. The molecule has 0 saturated carbocycles. The Balaban J connectivity index is 0.998. The molecule has 0 amide bonds. The lowest BCUT2D eigenvalue weighted by atomic mass is 9.70. The van der Waals surface area contributed by atoms with Gasteiger partial charge in [-0.1, -0.05) is 166 Å². The molecule has 0 aromatic heterocycles. The van der Waals surface area contributed by atoms with Crippen molar-refractivity contribution in [3.63, 3.8) is 0 Å². The van der Waals surface area contributed by atoms with E-state index in [1.807, 2.05) is 0 Å². The highest BCUT2D eigenvalue weighted by atomic mass is 15.1. The molecular weight excluding hydrogens is 711 g/mol. The Labute approximate surface area is 348 Å². The van der Waals surface area contributed by atoms with Crippen LogP contribution in [0.3, 0.4) is 0 Å². The van der Waals surface area contributed by atoms with Gasteiger partial charge in [-0.3, -0.25) is 0 Å². The topological polar surface area (TPSA) is 3.24 Å². The number of rotatable bonds is 5. The molecule has 12 rings (SSSR count). The highest BCUT2D eigenvalue weighted by Gasteiger charge is 2.51. The first kappa shape index (κ1) is 34.4. The second-order valence-electron chi connectivity index (χ2n) is 17.4. The predicted octanol–water partition coefficient (Wildman–Crippen LogP) is 15.0. The van der Waals surface area contributed by atoms with Crippen LogP contribution in [0.1, 0.15) is 72.9 Å². The van der Waals surface area contributed by atoms with Crippen LogP contribution in [0.4, 0.5) is 11.4 Å². The number of fused-ring (bicyclic) bond motifs is 13. The molecule has 0 aliphatic heterocycles. The lowest BCUT2D eigenvalue weighted by Crippen LogP contribution is -2.25. The Hall–Kier alpha value is -6.70. The van der Waals surface area contributed by atoms with E-state index < -0.39 is 0 Å². The molecule has 0 fully saturated rings. The first-order valence-electron chi connectivity index (χ1n) is 21.4. The maximum atomic E-state index is 2.54. The Bertz CT molecular complexity index is 2990. The number of allylic oxidation sites excluding steroid dienone is 8. The van der Waals surface area contributed by atoms with Crippen molar-refractivity contribution in [2.75, 3.05) is 4.90 Å². The van der Waals surface area contributed by atoms with Crippen LogP contribution in [0.15, 0.2) is 205 Å². The first-order chi connectivity index (χ1) is 29.0. The van der Waals surface area contributed by atoms with Gasteiger partial charge in [0.25, 0.3) is 0 Å². The highest BCUT2D eigenvalue weighted by molar-refractivity contribution is 5.96. The van der Waals surface area contributed by atoms with E-state index in [9.17, 15) is 0 Å². The molecule has 0 atom stereocenters. The summed E-state index contributed by atoms with van der Waals surface area (Å²) in [4.78, 5) is 2.54. The zero-order chi connectivity index (χ0) is 39.3. The van der Waals surface area contributed by atoms with E-state index in [2.05, 4.69) is 207 Å². The van der Waals surface area contributed by atoms with Crippen LogP contribution in [-0.2, 0) is 10.8 Å². The van der Waals surface area contributed by atoms with Crippen LogP contribution in [0, 0.1) is 0 Å². The van der Waals surface area contributed by atoms with Crippen LogP contribution in [-0.4, -0.2) is 0 Å². The van der Waals surface area contributed by atoms with Gasteiger partial charge in [0, 0.05) is 22.5 Å². The number of hydrogen-bond donors (Lipinski definition) is 0. The quantitative estimate of drug-likeness (QED) is 0.169. The zero-order valence-electron chi connectivity index (χ0n) is 33.7. The summed E-state index contributed by atoms with van der Waals surface area (Å²) in [7, 11) is 0. The standard InChI is InChI=1S/C58H45N/c1-57(2)51-23-10-6-19-45(51)49-33-32-44(37-56(49)57)59(42-30-27-39(28-31-42)38-15-4-3-5-16-38)43-18-14-17-40(35-43)41-29-34-55-50(36-41)48-22-9-13-26-54(48)58(55)52-24-11-7-20-46(52)47-21-8-12-25-53(47)58/h3-4,6-15,17-27,29-30,32-37H,5,16,28,31H2,1-2H3. The minimum Gasteiger partial charge on any atom is -0.314 e. The largest absolute Gasteiger partial charge is 0.314 e. The van der Waals surface area contributed by atoms with Gasteiger partial charge in [-0.05, 0) is 151 Å². The fraction of sp³-hybridized carbons (Fsp3) is 0.138. The van der Waals surface area contributed by atoms with Gasteiger partial charge in [0.2, 0.25) is 0 Å². The van der Waals surface area contributed by atoms with E-state index in [1.54, 1.807) is 0 Å². The maximum Gasteiger partial charge on any atom is 0.0725 e. The maximum absolute atomic E-state index is 2.54. The van der Waals surface area contributed by atoms with Crippen molar-refractivity contribution in [3.05, 3.63) is 238 Å². The lowest BCUT2D eigenvalue weighted by Gasteiger charge is -2.32. The molecule has 0 bridgehead atoms. The van der Waals surface area contributed by atoms with Crippen LogP contribution in [0.2, 0.25) is 0 Å². The van der Waals surface area contributed by atoms with Crippen LogP contribution < -0.4 is 4.90 Å². The molecule has 1 nitrogen and oxygen atoms in total. The number of hydrogen-bond acceptors (Lipinski definition) is 1. The van der Waals surface area contributed by atoms with Crippen molar-refractivity contribution >= 4 is 11.4 Å². The molecule has 59 heavy (non-hydrogen) atoms. The van der Waals surface area contributed by atoms with Crippen LogP contribution in [0.25, 0.3) is 44.5 Å². The van der Waals surface area contributed by atoms with E-state index >= 15 is 0 Å². The van der Waals surface area contributed by atoms with E-state index in [0.29, 0.717) is 0 Å². The molecule has 7 aromatic rings. The van der Waals surface area contributed by atoms with Crippen LogP contribution in [0.5, 0.6) is 0 Å². The van der Waals surface area contributed by atoms with E-state index in [1.165, 1.54) is 106 Å². The fourth-order valence-corrected chi connectivity index (χ4v) is 11.4. The third kappa shape index (κ3) is 4.91. The van der Waals surface area contributed by atoms with Gasteiger partial charge in [0.15, 0.2) is 0 Å². The molecule has 0 unspecified atom stereocenters. The van der Waals surface area contributed by atoms with Gasteiger partial charge in [0.1, 0.15) is 0 Å². The Morgan fingerprint density at radius 1 is 0.407 bits per heavy atom. The second kappa shape index (κ2) is 12.9. The molecule has 5 aliphatic carbocycles. The summed E-state index contributed by atoms with van der Waals surface area (Å²) in [6.45, 7) is 4.76. The minimum absolute atomic E-state index is 0.0805. The molecule has 1 heteroatoms. The first-order valence-corrected chi connectivity index (χ1v) is 21.4. The third-order valence-corrected chi connectivity index (χ3v) is 14.1. The summed E-state index contributed by atoms with van der Waals surface area (Å²) in [6.07, 6.45) is 15.9. The average Bonchev–Trinajstić information content (AvgIpc) is 3.85. The second-order valence-corrected chi connectivity index (χ2v) is 17.4. The smallest absolute Gasteiger partial charge is 0.0725 e. The lowest BCUT2D eigenvalue weighted by molar-refractivity contribution is 0.660.